The number of fused-ring (bicyclic) bond motifs is 1. The van der Waals surface area contributed by atoms with E-state index in [4.69, 9.17) is 4.74 Å². The van der Waals surface area contributed by atoms with Crippen LogP contribution in [-0.2, 0) is 22.5 Å². The monoisotopic (exact) mass is 288 g/mol. The van der Waals surface area contributed by atoms with Crippen LogP contribution in [-0.4, -0.2) is 37.1 Å². The van der Waals surface area contributed by atoms with Crippen LogP contribution in [0.15, 0.2) is 18.2 Å². The molecule has 21 heavy (non-hydrogen) atoms. The number of nitrogens with zero attached hydrogens (tertiary/aromatic N) is 1. The van der Waals surface area contributed by atoms with Gasteiger partial charge in [0.15, 0.2) is 0 Å². The second-order valence-electron chi connectivity index (χ2n) is 6.14. The molecule has 0 amide bonds. The number of anilines is 1. The Morgan fingerprint density at radius 2 is 2.29 bits per heavy atom. The molecule has 1 aromatic carbocycles. The van der Waals surface area contributed by atoms with Gasteiger partial charge in [-0.3, -0.25) is 9.69 Å². The number of ether oxygens (including phenoxy) is 1. The fourth-order valence-electron chi connectivity index (χ4n) is 3.04. The molecule has 1 saturated carbocycles. The Bertz CT molecular complexity index is 512. The highest BCUT2D eigenvalue weighted by molar-refractivity contribution is 5.66. The van der Waals surface area contributed by atoms with E-state index in [9.17, 15) is 4.79 Å². The van der Waals surface area contributed by atoms with Gasteiger partial charge < -0.3 is 10.1 Å². The summed E-state index contributed by atoms with van der Waals surface area (Å²) in [5.41, 5.74) is 4.08. The lowest BCUT2D eigenvalue weighted by Crippen LogP contribution is -2.32. The molecule has 0 radical (unpaired) electrons. The maximum atomic E-state index is 10.8. The van der Waals surface area contributed by atoms with Gasteiger partial charge in [-0.15, -0.1) is 0 Å². The number of benzene rings is 1. The van der Waals surface area contributed by atoms with Crippen LogP contribution in [0.25, 0.3) is 0 Å². The molecular formula is C17H24N2O2. The first-order valence-corrected chi connectivity index (χ1v) is 7.93. The van der Waals surface area contributed by atoms with E-state index in [1.807, 2.05) is 0 Å². The van der Waals surface area contributed by atoms with Crippen LogP contribution in [0.5, 0.6) is 0 Å². The second-order valence-corrected chi connectivity index (χ2v) is 6.14. The molecule has 114 valence electrons. The van der Waals surface area contributed by atoms with E-state index in [2.05, 4.69) is 28.4 Å². The van der Waals surface area contributed by atoms with E-state index in [1.165, 1.54) is 43.1 Å². The zero-order valence-electron chi connectivity index (χ0n) is 12.7. The molecule has 1 aliphatic carbocycles. The quantitative estimate of drug-likeness (QED) is 0.645. The molecule has 1 fully saturated rings. The number of esters is 1. The highest BCUT2D eigenvalue weighted by Crippen LogP contribution is 2.32. The van der Waals surface area contributed by atoms with Gasteiger partial charge in [0.1, 0.15) is 6.61 Å². The van der Waals surface area contributed by atoms with E-state index < -0.39 is 0 Å². The van der Waals surface area contributed by atoms with Gasteiger partial charge in [-0.25, -0.2) is 0 Å². The standard InChI is InChI=1S/C17H24N2O2/c1-13(20)21-10-8-18-17-4-2-3-15-12-19(9-7-16(15)17)11-14-5-6-14/h2-4,14,18H,5-12H2,1H3. The molecule has 1 aromatic rings. The van der Waals surface area contributed by atoms with Crippen molar-refractivity contribution in [2.75, 3.05) is 31.6 Å². The summed E-state index contributed by atoms with van der Waals surface area (Å²) in [6, 6.07) is 6.49. The lowest BCUT2D eigenvalue weighted by molar-refractivity contribution is -0.140. The minimum absolute atomic E-state index is 0.220. The van der Waals surface area contributed by atoms with E-state index >= 15 is 0 Å². The van der Waals surface area contributed by atoms with Crippen molar-refractivity contribution in [2.24, 2.45) is 5.92 Å². The molecule has 4 nitrogen and oxygen atoms in total. The highest BCUT2D eigenvalue weighted by atomic mass is 16.5. The maximum absolute atomic E-state index is 10.8. The summed E-state index contributed by atoms with van der Waals surface area (Å²) in [6.45, 7) is 6.04. The average molecular weight is 288 g/mol. The van der Waals surface area contributed by atoms with Gasteiger partial charge in [-0.1, -0.05) is 12.1 Å². The summed E-state index contributed by atoms with van der Waals surface area (Å²) in [5.74, 6) is 0.735. The lowest BCUT2D eigenvalue weighted by atomic mass is 9.97. The summed E-state index contributed by atoms with van der Waals surface area (Å²) in [7, 11) is 0. The minimum Gasteiger partial charge on any atom is -0.464 e. The molecule has 0 spiro atoms. The van der Waals surface area contributed by atoms with Gasteiger partial charge >= 0.3 is 5.97 Å². The third-order valence-corrected chi connectivity index (χ3v) is 4.28. The van der Waals surface area contributed by atoms with Crippen LogP contribution in [0.1, 0.15) is 30.9 Å². The Hall–Kier alpha value is -1.55. The van der Waals surface area contributed by atoms with Gasteiger partial charge in [0.2, 0.25) is 0 Å². The topological polar surface area (TPSA) is 41.6 Å². The lowest BCUT2D eigenvalue weighted by Gasteiger charge is -2.30. The molecule has 0 bridgehead atoms. The van der Waals surface area contributed by atoms with Crippen molar-refractivity contribution in [1.29, 1.82) is 0 Å². The van der Waals surface area contributed by atoms with E-state index in [1.54, 1.807) is 0 Å². The molecule has 1 heterocycles. The van der Waals surface area contributed by atoms with Crippen molar-refractivity contribution in [3.8, 4) is 0 Å². The summed E-state index contributed by atoms with van der Waals surface area (Å²) < 4.78 is 4.97. The largest absolute Gasteiger partial charge is 0.464 e. The zero-order chi connectivity index (χ0) is 14.7. The van der Waals surface area contributed by atoms with Crippen molar-refractivity contribution < 1.29 is 9.53 Å². The Labute approximate surface area is 126 Å². The molecule has 0 saturated heterocycles. The fourth-order valence-corrected chi connectivity index (χ4v) is 3.04. The van der Waals surface area contributed by atoms with Crippen LogP contribution in [0.4, 0.5) is 5.69 Å². The smallest absolute Gasteiger partial charge is 0.302 e. The number of hydrogen-bond donors (Lipinski definition) is 1. The van der Waals surface area contributed by atoms with Crippen molar-refractivity contribution >= 4 is 11.7 Å². The van der Waals surface area contributed by atoms with Crippen molar-refractivity contribution in [3.05, 3.63) is 29.3 Å². The Balaban J connectivity index is 1.57. The Morgan fingerprint density at radius 1 is 1.43 bits per heavy atom. The van der Waals surface area contributed by atoms with Crippen LogP contribution < -0.4 is 5.32 Å². The molecule has 2 aliphatic rings. The number of carbonyl (C=O) groups excluding carboxylic acids is 1. The van der Waals surface area contributed by atoms with E-state index in [0.29, 0.717) is 13.2 Å². The summed E-state index contributed by atoms with van der Waals surface area (Å²) in [6.07, 6.45) is 3.95. The van der Waals surface area contributed by atoms with Crippen molar-refractivity contribution in [1.82, 2.24) is 4.90 Å². The molecule has 4 heteroatoms. The van der Waals surface area contributed by atoms with Gasteiger partial charge in [-0.2, -0.15) is 0 Å². The number of hydrogen-bond acceptors (Lipinski definition) is 4. The fraction of sp³-hybridized carbons (Fsp3) is 0.588. The number of nitrogens with one attached hydrogen (secondary N) is 1. The van der Waals surface area contributed by atoms with Crippen molar-refractivity contribution in [2.45, 2.75) is 32.7 Å². The predicted molar refractivity (Wildman–Crippen MR) is 83.3 cm³/mol. The first kappa shape index (κ1) is 14.4. The van der Waals surface area contributed by atoms with Gasteiger partial charge in [-0.05, 0) is 42.4 Å². The normalized spacial score (nSPS) is 18.1. The second kappa shape index (κ2) is 6.48. The molecular weight excluding hydrogens is 264 g/mol. The maximum Gasteiger partial charge on any atom is 0.302 e. The first-order valence-electron chi connectivity index (χ1n) is 7.93. The van der Waals surface area contributed by atoms with Gasteiger partial charge in [0.05, 0.1) is 0 Å². The average Bonchev–Trinajstić information content (AvgIpc) is 3.27. The number of rotatable bonds is 6. The van der Waals surface area contributed by atoms with Crippen LogP contribution >= 0.6 is 0 Å². The van der Waals surface area contributed by atoms with Crippen LogP contribution in [0.3, 0.4) is 0 Å². The third kappa shape index (κ3) is 3.97. The molecule has 1 N–H and O–H groups in total. The first-order chi connectivity index (χ1) is 10.2. The Morgan fingerprint density at radius 3 is 3.05 bits per heavy atom. The zero-order valence-corrected chi connectivity index (χ0v) is 12.7. The Kier molecular flexibility index (Phi) is 4.44. The summed E-state index contributed by atoms with van der Waals surface area (Å²) in [5, 5.41) is 3.40. The molecule has 0 aromatic heterocycles. The number of carbonyl (C=O) groups is 1. The van der Waals surface area contributed by atoms with Gasteiger partial charge in [0, 0.05) is 38.8 Å². The SMILES string of the molecule is CC(=O)OCCNc1cccc2c1CCN(CC1CC1)C2. The summed E-state index contributed by atoms with van der Waals surface area (Å²) >= 11 is 0. The van der Waals surface area contributed by atoms with Crippen molar-refractivity contribution in [3.63, 3.8) is 0 Å². The van der Waals surface area contributed by atoms with E-state index in [-0.39, 0.29) is 5.97 Å². The van der Waals surface area contributed by atoms with Crippen LogP contribution in [0, 0.1) is 5.92 Å². The molecule has 1 aliphatic heterocycles. The van der Waals surface area contributed by atoms with E-state index in [0.717, 1.165) is 25.4 Å². The minimum atomic E-state index is -0.220. The molecule has 0 unspecified atom stereocenters. The molecule has 0 atom stereocenters. The highest BCUT2D eigenvalue weighted by Gasteiger charge is 2.26. The van der Waals surface area contributed by atoms with Crippen LogP contribution in [0.2, 0.25) is 0 Å². The summed E-state index contributed by atoms with van der Waals surface area (Å²) in [4.78, 5) is 13.3. The third-order valence-electron chi connectivity index (χ3n) is 4.28. The van der Waals surface area contributed by atoms with Gasteiger partial charge in [0.25, 0.3) is 0 Å². The predicted octanol–water partition coefficient (Wildman–Crippen LogP) is 2.43. The molecule has 3 rings (SSSR count).